The third-order valence-electron chi connectivity index (χ3n) is 3.21. The van der Waals surface area contributed by atoms with E-state index < -0.39 is 23.7 Å². The molecule has 1 aromatic heterocycles. The van der Waals surface area contributed by atoms with E-state index in [2.05, 4.69) is 4.99 Å². The van der Waals surface area contributed by atoms with Crippen LogP contribution in [0.15, 0.2) is 38.4 Å². The average Bonchev–Trinajstić information content (AvgIpc) is 2.97. The molecule has 0 bridgehead atoms. The number of carbonyl (C=O) groups is 2. The van der Waals surface area contributed by atoms with Crippen molar-refractivity contribution in [3.63, 3.8) is 0 Å². The van der Waals surface area contributed by atoms with Gasteiger partial charge in [-0.25, -0.2) is 4.99 Å². The molecule has 1 aliphatic heterocycles. The van der Waals surface area contributed by atoms with Crippen molar-refractivity contribution in [2.45, 2.75) is 12.8 Å². The molecule has 0 saturated carbocycles. The normalized spacial score (nSPS) is 21.2. The highest BCUT2D eigenvalue weighted by Gasteiger charge is 2.40. The first kappa shape index (κ1) is 15.9. The van der Waals surface area contributed by atoms with Gasteiger partial charge in [0.25, 0.3) is 0 Å². The fraction of sp³-hybridized carbons (Fsp3) is 0.286. The van der Waals surface area contributed by atoms with Crippen LogP contribution in [-0.4, -0.2) is 28.4 Å². The molecule has 0 aromatic carbocycles. The molecule has 7 nitrogen and oxygen atoms in total. The summed E-state index contributed by atoms with van der Waals surface area (Å²) in [6.07, 6.45) is 1.44. The van der Waals surface area contributed by atoms with Crippen molar-refractivity contribution in [3.8, 4) is 6.07 Å². The predicted octanol–water partition coefficient (Wildman–Crippen LogP) is 1.49. The van der Waals surface area contributed by atoms with Crippen molar-refractivity contribution in [1.82, 2.24) is 0 Å². The first-order valence-corrected chi connectivity index (χ1v) is 7.31. The van der Waals surface area contributed by atoms with Gasteiger partial charge in [-0.2, -0.15) is 5.26 Å². The lowest BCUT2D eigenvalue weighted by Gasteiger charge is -2.27. The average molecular weight is 319 g/mol. The summed E-state index contributed by atoms with van der Waals surface area (Å²) in [5.41, 5.74) is 6.07. The molecule has 1 aromatic rings. The molecule has 1 amide bonds. The molecule has 0 unspecified atom stereocenters. The SMILES string of the molecule is CC1=NC(SCC(=O)O)=C(C#N)[C@@H](c2ccco2)[C@H]1C(N)=O. The number of allylic oxidation sites excluding steroid dienone is 1. The number of carbonyl (C=O) groups excluding carboxylic acids is 1. The van der Waals surface area contributed by atoms with Crippen molar-refractivity contribution in [2.75, 3.05) is 5.75 Å². The Morgan fingerprint density at radius 1 is 1.59 bits per heavy atom. The predicted molar refractivity (Wildman–Crippen MR) is 80.0 cm³/mol. The summed E-state index contributed by atoms with van der Waals surface area (Å²) in [6, 6.07) is 5.31. The first-order valence-electron chi connectivity index (χ1n) is 6.32. The van der Waals surface area contributed by atoms with Crippen molar-refractivity contribution in [1.29, 1.82) is 5.26 Å². The van der Waals surface area contributed by atoms with Crippen LogP contribution in [0.1, 0.15) is 18.6 Å². The largest absolute Gasteiger partial charge is 0.481 e. The number of hydrogen-bond acceptors (Lipinski definition) is 6. The number of aliphatic imine (C=N–C) groups is 1. The van der Waals surface area contributed by atoms with Crippen LogP contribution in [0.5, 0.6) is 0 Å². The Kier molecular flexibility index (Phi) is 4.68. The van der Waals surface area contributed by atoms with Gasteiger partial charge < -0.3 is 15.3 Å². The topological polar surface area (TPSA) is 130 Å². The molecule has 0 radical (unpaired) electrons. The molecule has 0 spiro atoms. The number of primary amides is 1. The van der Waals surface area contributed by atoms with Gasteiger partial charge in [-0.3, -0.25) is 9.59 Å². The van der Waals surface area contributed by atoms with Crippen molar-refractivity contribution < 1.29 is 19.1 Å². The van der Waals surface area contributed by atoms with E-state index in [-0.39, 0.29) is 16.4 Å². The Balaban J connectivity index is 2.52. The molecule has 2 rings (SSSR count). The van der Waals surface area contributed by atoms with Crippen LogP contribution < -0.4 is 5.73 Å². The number of carboxylic acids is 1. The number of hydrogen-bond donors (Lipinski definition) is 2. The fourth-order valence-corrected chi connectivity index (χ4v) is 3.13. The monoisotopic (exact) mass is 319 g/mol. The van der Waals surface area contributed by atoms with Crippen LogP contribution in [0.4, 0.5) is 0 Å². The number of thioether (sulfide) groups is 1. The highest BCUT2D eigenvalue weighted by atomic mass is 32.2. The number of carboxylic acid groups (broad SMARTS) is 1. The minimum Gasteiger partial charge on any atom is -0.481 e. The standard InChI is InChI=1S/C14H13N3O4S/c1-7-11(13(16)20)12(9-3-2-4-21-9)8(5-15)14(17-7)22-6-10(18)19/h2-4,11-12H,6H2,1H3,(H2,16,20)(H,18,19)/t11-,12-/m0/s1. The molecule has 8 heteroatoms. The number of aliphatic carboxylic acids is 1. The van der Waals surface area contributed by atoms with Gasteiger partial charge in [0, 0.05) is 5.71 Å². The summed E-state index contributed by atoms with van der Waals surface area (Å²) < 4.78 is 5.33. The van der Waals surface area contributed by atoms with Gasteiger partial charge in [0.15, 0.2) is 0 Å². The molecule has 3 N–H and O–H groups in total. The van der Waals surface area contributed by atoms with Crippen LogP contribution in [0, 0.1) is 17.2 Å². The van der Waals surface area contributed by atoms with Gasteiger partial charge in [0.2, 0.25) is 5.91 Å². The van der Waals surface area contributed by atoms with E-state index >= 15 is 0 Å². The lowest BCUT2D eigenvalue weighted by molar-refractivity contribution is -0.134. The molecule has 114 valence electrons. The second-order valence-electron chi connectivity index (χ2n) is 4.64. The van der Waals surface area contributed by atoms with Crippen LogP contribution in [0.2, 0.25) is 0 Å². The number of rotatable bonds is 5. The van der Waals surface area contributed by atoms with Crippen LogP contribution in [0.3, 0.4) is 0 Å². The minimum absolute atomic E-state index is 0.190. The Morgan fingerprint density at radius 3 is 2.82 bits per heavy atom. The Hall–Kier alpha value is -2.53. The third kappa shape index (κ3) is 3.04. The number of nitriles is 1. The third-order valence-corrected chi connectivity index (χ3v) is 4.19. The molecule has 2 heterocycles. The highest BCUT2D eigenvalue weighted by molar-refractivity contribution is 8.03. The van der Waals surface area contributed by atoms with Gasteiger partial charge in [-0.15, -0.1) is 0 Å². The molecule has 1 aliphatic rings. The van der Waals surface area contributed by atoms with Gasteiger partial charge in [-0.05, 0) is 19.1 Å². The molecular formula is C14H13N3O4S. The van der Waals surface area contributed by atoms with E-state index in [1.165, 1.54) is 6.26 Å². The summed E-state index contributed by atoms with van der Waals surface area (Å²) in [4.78, 5) is 26.7. The van der Waals surface area contributed by atoms with E-state index in [1.54, 1.807) is 19.1 Å². The minimum atomic E-state index is -1.02. The highest BCUT2D eigenvalue weighted by Crippen LogP contribution is 2.41. The van der Waals surface area contributed by atoms with Crippen LogP contribution in [0.25, 0.3) is 0 Å². The Bertz CT molecular complexity index is 700. The number of nitrogens with zero attached hydrogens (tertiary/aromatic N) is 2. The number of nitrogens with two attached hydrogens (primary N) is 1. The first-order chi connectivity index (χ1) is 10.5. The fourth-order valence-electron chi connectivity index (χ4n) is 2.33. The maximum atomic E-state index is 11.8. The zero-order valence-electron chi connectivity index (χ0n) is 11.6. The second-order valence-corrected chi connectivity index (χ2v) is 5.60. The molecule has 2 atom stereocenters. The lowest BCUT2D eigenvalue weighted by Crippen LogP contribution is -2.36. The maximum absolute atomic E-state index is 11.8. The van der Waals surface area contributed by atoms with Gasteiger partial charge in [-0.1, -0.05) is 11.8 Å². The Labute approximate surface area is 130 Å². The molecule has 0 saturated heterocycles. The second kappa shape index (κ2) is 6.49. The van der Waals surface area contributed by atoms with E-state index in [0.29, 0.717) is 11.5 Å². The lowest BCUT2D eigenvalue weighted by atomic mass is 9.80. The zero-order chi connectivity index (χ0) is 16.3. The summed E-state index contributed by atoms with van der Waals surface area (Å²) in [7, 11) is 0. The van der Waals surface area contributed by atoms with E-state index in [9.17, 15) is 14.9 Å². The van der Waals surface area contributed by atoms with Crippen molar-refractivity contribution in [2.24, 2.45) is 16.6 Å². The molecule has 0 fully saturated rings. The van der Waals surface area contributed by atoms with Crippen LogP contribution in [-0.2, 0) is 9.59 Å². The zero-order valence-corrected chi connectivity index (χ0v) is 12.5. The maximum Gasteiger partial charge on any atom is 0.313 e. The van der Waals surface area contributed by atoms with Crippen molar-refractivity contribution >= 4 is 29.4 Å². The summed E-state index contributed by atoms with van der Waals surface area (Å²) in [5, 5.41) is 18.5. The van der Waals surface area contributed by atoms with E-state index in [4.69, 9.17) is 15.3 Å². The van der Waals surface area contributed by atoms with Gasteiger partial charge in [0.1, 0.15) is 10.8 Å². The molecule has 0 aliphatic carbocycles. The van der Waals surface area contributed by atoms with Crippen molar-refractivity contribution in [3.05, 3.63) is 34.8 Å². The van der Waals surface area contributed by atoms with E-state index in [0.717, 1.165) is 11.8 Å². The summed E-state index contributed by atoms with van der Waals surface area (Å²) in [5.74, 6) is -2.93. The molecular weight excluding hydrogens is 306 g/mol. The van der Waals surface area contributed by atoms with Gasteiger partial charge in [0.05, 0.1) is 35.5 Å². The number of furan rings is 1. The molecule has 22 heavy (non-hydrogen) atoms. The quantitative estimate of drug-likeness (QED) is 0.845. The Morgan fingerprint density at radius 2 is 2.32 bits per heavy atom. The van der Waals surface area contributed by atoms with Gasteiger partial charge >= 0.3 is 5.97 Å². The van der Waals surface area contributed by atoms with E-state index in [1.807, 2.05) is 6.07 Å². The number of amides is 1. The summed E-state index contributed by atoms with van der Waals surface area (Å²) in [6.45, 7) is 1.63. The smallest absolute Gasteiger partial charge is 0.313 e. The van der Waals surface area contributed by atoms with Crippen LogP contribution >= 0.6 is 11.8 Å². The summed E-state index contributed by atoms with van der Waals surface area (Å²) >= 11 is 0.933.